The maximum Gasteiger partial charge on any atom is 0.253 e. The molecule has 0 bridgehead atoms. The number of hydrogen-bond donors (Lipinski definition) is 1. The number of nitrogens with one attached hydrogen (secondary N) is 1. The Morgan fingerprint density at radius 1 is 1.17 bits per heavy atom. The van der Waals surface area contributed by atoms with E-state index in [1.165, 1.54) is 28.6 Å². The van der Waals surface area contributed by atoms with E-state index in [1.54, 1.807) is 30.0 Å². The maximum atomic E-state index is 13.7. The van der Waals surface area contributed by atoms with Crippen molar-refractivity contribution in [1.29, 1.82) is 0 Å². The van der Waals surface area contributed by atoms with E-state index in [9.17, 15) is 17.6 Å². The Labute approximate surface area is 173 Å². The van der Waals surface area contributed by atoms with Gasteiger partial charge in [0.2, 0.25) is 10.0 Å². The van der Waals surface area contributed by atoms with Crippen LogP contribution < -0.4 is 5.32 Å². The SMILES string of the molecule is O=C(NC1CCSc2ccc(F)cc21)c1ccccc1S(=O)(=O)N1CCOCC1. The van der Waals surface area contributed by atoms with Gasteiger partial charge in [0.05, 0.1) is 29.7 Å². The lowest BCUT2D eigenvalue weighted by Crippen LogP contribution is -2.41. The van der Waals surface area contributed by atoms with Crippen LogP contribution in [0.5, 0.6) is 0 Å². The van der Waals surface area contributed by atoms with Gasteiger partial charge in [0.25, 0.3) is 5.91 Å². The van der Waals surface area contributed by atoms with E-state index in [-0.39, 0.29) is 35.4 Å². The molecule has 1 N–H and O–H groups in total. The van der Waals surface area contributed by atoms with Gasteiger partial charge in [-0.15, -0.1) is 11.8 Å². The van der Waals surface area contributed by atoms with Gasteiger partial charge in [-0.3, -0.25) is 4.79 Å². The summed E-state index contributed by atoms with van der Waals surface area (Å²) in [5.41, 5.74) is 0.818. The fourth-order valence-electron chi connectivity index (χ4n) is 3.56. The molecule has 154 valence electrons. The molecule has 1 fully saturated rings. The predicted octanol–water partition coefficient (Wildman–Crippen LogP) is 2.81. The number of nitrogens with zero attached hydrogens (tertiary/aromatic N) is 1. The normalized spacial score (nSPS) is 20.1. The number of hydrogen-bond acceptors (Lipinski definition) is 5. The van der Waals surface area contributed by atoms with Crippen molar-refractivity contribution in [2.45, 2.75) is 22.3 Å². The zero-order valence-electron chi connectivity index (χ0n) is 15.6. The van der Waals surface area contributed by atoms with Crippen molar-refractivity contribution in [3.05, 3.63) is 59.4 Å². The second kappa shape index (κ2) is 8.43. The van der Waals surface area contributed by atoms with Crippen molar-refractivity contribution in [3.63, 3.8) is 0 Å². The topological polar surface area (TPSA) is 75.7 Å². The van der Waals surface area contributed by atoms with Crippen LogP contribution >= 0.6 is 11.8 Å². The molecule has 29 heavy (non-hydrogen) atoms. The minimum Gasteiger partial charge on any atom is -0.379 e. The van der Waals surface area contributed by atoms with Gasteiger partial charge >= 0.3 is 0 Å². The number of fused-ring (bicyclic) bond motifs is 1. The fourth-order valence-corrected chi connectivity index (χ4v) is 6.26. The molecule has 0 radical (unpaired) electrons. The van der Waals surface area contributed by atoms with Crippen LogP contribution in [0.4, 0.5) is 4.39 Å². The first-order valence-corrected chi connectivity index (χ1v) is 11.8. The molecule has 2 aromatic carbocycles. The Hall–Kier alpha value is -1.94. The highest BCUT2D eigenvalue weighted by Gasteiger charge is 2.31. The van der Waals surface area contributed by atoms with Gasteiger partial charge in [0.15, 0.2) is 0 Å². The van der Waals surface area contributed by atoms with Crippen LogP contribution in [0, 0.1) is 5.82 Å². The minimum atomic E-state index is -3.82. The zero-order chi connectivity index (χ0) is 20.4. The third kappa shape index (κ3) is 4.18. The van der Waals surface area contributed by atoms with Crippen molar-refractivity contribution in [3.8, 4) is 0 Å². The molecule has 2 aromatic rings. The summed E-state index contributed by atoms with van der Waals surface area (Å²) in [6, 6.07) is 10.4. The van der Waals surface area contributed by atoms with Gasteiger partial charge in [0, 0.05) is 23.7 Å². The molecular formula is C20H21FN2O4S2. The molecule has 1 saturated heterocycles. The standard InChI is InChI=1S/C20H21FN2O4S2/c21-14-5-6-18-16(13-14)17(7-12-28-18)22-20(24)15-3-1-2-4-19(15)29(25,26)23-8-10-27-11-9-23/h1-6,13,17H,7-12H2,(H,22,24). The minimum absolute atomic E-state index is 0.0240. The van der Waals surface area contributed by atoms with E-state index in [0.717, 1.165) is 16.2 Å². The van der Waals surface area contributed by atoms with E-state index < -0.39 is 15.9 Å². The number of amides is 1. The number of halogens is 1. The fraction of sp³-hybridized carbons (Fsp3) is 0.350. The summed E-state index contributed by atoms with van der Waals surface area (Å²) in [7, 11) is -3.82. The maximum absolute atomic E-state index is 13.7. The van der Waals surface area contributed by atoms with Crippen molar-refractivity contribution in [2.75, 3.05) is 32.1 Å². The van der Waals surface area contributed by atoms with Crippen LogP contribution in [0.2, 0.25) is 0 Å². The lowest BCUT2D eigenvalue weighted by Gasteiger charge is -2.28. The number of thioether (sulfide) groups is 1. The average molecular weight is 437 g/mol. The van der Waals surface area contributed by atoms with Gasteiger partial charge in [-0.05, 0) is 42.3 Å². The Morgan fingerprint density at radius 3 is 2.72 bits per heavy atom. The predicted molar refractivity (Wildman–Crippen MR) is 108 cm³/mol. The highest BCUT2D eigenvalue weighted by Crippen LogP contribution is 2.36. The molecule has 0 aliphatic carbocycles. The van der Waals surface area contributed by atoms with Gasteiger partial charge in [-0.2, -0.15) is 4.31 Å². The number of carbonyl (C=O) groups is 1. The van der Waals surface area contributed by atoms with E-state index in [4.69, 9.17) is 4.74 Å². The molecule has 0 saturated carbocycles. The van der Waals surface area contributed by atoms with Crippen LogP contribution in [0.15, 0.2) is 52.3 Å². The van der Waals surface area contributed by atoms with Crippen molar-refractivity contribution in [1.82, 2.24) is 9.62 Å². The van der Waals surface area contributed by atoms with Crippen molar-refractivity contribution >= 4 is 27.7 Å². The summed E-state index contributed by atoms with van der Waals surface area (Å²) < 4.78 is 46.5. The van der Waals surface area contributed by atoms with Crippen LogP contribution in [-0.4, -0.2) is 50.7 Å². The van der Waals surface area contributed by atoms with E-state index in [1.807, 2.05) is 0 Å². The highest BCUT2D eigenvalue weighted by molar-refractivity contribution is 7.99. The van der Waals surface area contributed by atoms with E-state index in [0.29, 0.717) is 19.6 Å². The summed E-state index contributed by atoms with van der Waals surface area (Å²) in [4.78, 5) is 13.9. The quantitative estimate of drug-likeness (QED) is 0.798. The zero-order valence-corrected chi connectivity index (χ0v) is 17.3. The van der Waals surface area contributed by atoms with Crippen molar-refractivity contribution < 1.29 is 22.3 Å². The lowest BCUT2D eigenvalue weighted by atomic mass is 10.0. The number of ether oxygens (including phenoxy) is 1. The molecule has 0 spiro atoms. The van der Waals surface area contributed by atoms with E-state index >= 15 is 0 Å². The molecule has 2 heterocycles. The van der Waals surface area contributed by atoms with Gasteiger partial charge in [0.1, 0.15) is 5.82 Å². The number of sulfonamides is 1. The summed E-state index contributed by atoms with van der Waals surface area (Å²) in [6.45, 7) is 1.17. The first kappa shape index (κ1) is 20.3. The molecule has 6 nitrogen and oxygen atoms in total. The second-order valence-electron chi connectivity index (χ2n) is 6.86. The highest BCUT2D eigenvalue weighted by atomic mass is 32.2. The smallest absolute Gasteiger partial charge is 0.253 e. The van der Waals surface area contributed by atoms with Crippen LogP contribution in [0.25, 0.3) is 0 Å². The van der Waals surface area contributed by atoms with Crippen LogP contribution in [0.3, 0.4) is 0 Å². The molecular weight excluding hydrogens is 415 g/mol. The van der Waals surface area contributed by atoms with E-state index in [2.05, 4.69) is 5.32 Å². The summed E-state index contributed by atoms with van der Waals surface area (Å²) >= 11 is 1.62. The molecule has 0 aromatic heterocycles. The first-order valence-electron chi connectivity index (χ1n) is 9.37. The molecule has 1 amide bonds. The largest absolute Gasteiger partial charge is 0.379 e. The number of benzene rings is 2. The molecule has 1 unspecified atom stereocenters. The van der Waals surface area contributed by atoms with Crippen LogP contribution in [0.1, 0.15) is 28.4 Å². The number of carbonyl (C=O) groups excluding carboxylic acids is 1. The Morgan fingerprint density at radius 2 is 1.93 bits per heavy atom. The lowest BCUT2D eigenvalue weighted by molar-refractivity contribution is 0.0729. The monoisotopic (exact) mass is 436 g/mol. The number of rotatable bonds is 4. The molecule has 4 rings (SSSR count). The third-order valence-corrected chi connectivity index (χ3v) is 8.12. The summed E-state index contributed by atoms with van der Waals surface area (Å²) in [5, 5.41) is 2.91. The Balaban J connectivity index is 1.62. The first-order chi connectivity index (χ1) is 14.0. The molecule has 2 aliphatic rings. The van der Waals surface area contributed by atoms with Crippen LogP contribution in [-0.2, 0) is 14.8 Å². The Bertz CT molecular complexity index is 1020. The van der Waals surface area contributed by atoms with Gasteiger partial charge < -0.3 is 10.1 Å². The molecule has 1 atom stereocenters. The average Bonchev–Trinajstić information content (AvgIpc) is 2.75. The third-order valence-electron chi connectivity index (χ3n) is 5.04. The summed E-state index contributed by atoms with van der Waals surface area (Å²) in [6.07, 6.45) is 0.644. The van der Waals surface area contributed by atoms with Crippen molar-refractivity contribution in [2.24, 2.45) is 0 Å². The number of morpholine rings is 1. The second-order valence-corrected chi connectivity index (χ2v) is 9.90. The van der Waals surface area contributed by atoms with Gasteiger partial charge in [-0.1, -0.05) is 12.1 Å². The summed E-state index contributed by atoms with van der Waals surface area (Å²) in [5.74, 6) is -0.0533. The Kier molecular flexibility index (Phi) is 5.91. The molecule has 9 heteroatoms. The van der Waals surface area contributed by atoms with Gasteiger partial charge in [-0.25, -0.2) is 12.8 Å². The molecule has 2 aliphatic heterocycles.